The third-order valence-electron chi connectivity index (χ3n) is 8.35. The zero-order chi connectivity index (χ0) is 33.6. The molecule has 4 rings (SSSR count). The van der Waals surface area contributed by atoms with Gasteiger partial charge in [0.25, 0.3) is 0 Å². The molecule has 47 heavy (non-hydrogen) atoms. The van der Waals surface area contributed by atoms with E-state index in [9.17, 15) is 13.2 Å². The topological polar surface area (TPSA) is 90.9 Å². The van der Waals surface area contributed by atoms with Gasteiger partial charge in [0, 0.05) is 0 Å². The third-order valence-corrected chi connectivity index (χ3v) is 16.1. The van der Waals surface area contributed by atoms with E-state index in [1.54, 1.807) is 20.3 Å². The van der Waals surface area contributed by atoms with Gasteiger partial charge in [0.2, 0.25) is 0 Å². The maximum atomic E-state index is 13.2. The number of amides is 1. The van der Waals surface area contributed by atoms with Crippen LogP contribution >= 0.6 is 6.83 Å². The van der Waals surface area contributed by atoms with Crippen LogP contribution in [-0.4, -0.2) is 47.5 Å². The Morgan fingerprint density at radius 2 is 1.17 bits per heavy atom. The van der Waals surface area contributed by atoms with Crippen LogP contribution in [0.5, 0.6) is 11.5 Å². The van der Waals surface area contributed by atoms with E-state index in [0.717, 1.165) is 66.3 Å². The molecule has 4 aromatic rings. The summed E-state index contributed by atoms with van der Waals surface area (Å²) in [6, 6.07) is 35.2. The molecule has 0 radical (unpaired) electrons. The van der Waals surface area contributed by atoms with Crippen LogP contribution in [0.25, 0.3) is 6.08 Å². The van der Waals surface area contributed by atoms with Crippen molar-refractivity contribution in [2.24, 2.45) is 0 Å². The van der Waals surface area contributed by atoms with Gasteiger partial charge in [-0.1, -0.05) is 6.07 Å². The van der Waals surface area contributed by atoms with Gasteiger partial charge in [0.1, 0.15) is 0 Å². The zero-order valence-electron chi connectivity index (χ0n) is 27.5. The molecule has 0 aromatic heterocycles. The monoisotopic (exact) mass is 675 g/mol. The predicted molar refractivity (Wildman–Crippen MR) is 195 cm³/mol. The first-order valence-electron chi connectivity index (χ1n) is 16.0. The summed E-state index contributed by atoms with van der Waals surface area (Å²) in [4.78, 5) is 12.3. The fourth-order valence-corrected chi connectivity index (χ4v) is 14.8. The van der Waals surface area contributed by atoms with Gasteiger partial charge in [-0.15, -0.1) is 0 Å². The minimum absolute atomic E-state index is 0.139. The van der Waals surface area contributed by atoms with Gasteiger partial charge in [0.15, 0.2) is 11.5 Å². The molecule has 9 heteroatoms. The van der Waals surface area contributed by atoms with Gasteiger partial charge in [0.05, 0.1) is 14.2 Å². The van der Waals surface area contributed by atoms with Crippen molar-refractivity contribution in [2.45, 2.75) is 38.5 Å². The smallest absolute Gasteiger partial charge is 0.161 e. The fraction of sp³-hybridized carbons (Fsp3) is 0.289. The molecule has 0 aliphatic rings. The Morgan fingerprint density at radius 1 is 0.681 bits per heavy atom. The maximum Gasteiger partial charge on any atom is 0.161 e. The van der Waals surface area contributed by atoms with Crippen molar-refractivity contribution in [3.63, 3.8) is 0 Å². The summed E-state index contributed by atoms with van der Waals surface area (Å²) >= 11 is 0. The number of ether oxygens (including phenoxy) is 2. The average Bonchev–Trinajstić information content (AvgIpc) is 3.10. The first kappa shape index (κ1) is 35.9. The number of carbonyl (C=O) groups excluding carboxylic acids is 1. The van der Waals surface area contributed by atoms with E-state index < -0.39 is 16.9 Å². The van der Waals surface area contributed by atoms with Crippen LogP contribution in [-0.2, 0) is 18.9 Å². The molecule has 0 bridgehead atoms. The normalized spacial score (nSPS) is 12.7. The Bertz CT molecular complexity index is 1610. The molecule has 0 saturated heterocycles. The van der Waals surface area contributed by atoms with Gasteiger partial charge >= 0.3 is 222 Å². The van der Waals surface area contributed by atoms with E-state index in [1.807, 2.05) is 109 Å². The number of nitrogens with one attached hydrogen (secondary N) is 1. The molecular weight excluding hydrogens is 629 g/mol. The Kier molecular flexibility index (Phi) is 12.8. The van der Waals surface area contributed by atoms with Gasteiger partial charge < -0.3 is 9.47 Å². The average molecular weight is 676 g/mol. The molecule has 1 amide bonds. The molecule has 0 saturated carbocycles. The van der Waals surface area contributed by atoms with Crippen LogP contribution in [0.2, 0.25) is 0 Å². The van der Waals surface area contributed by atoms with Crippen LogP contribution < -0.4 is 30.7 Å². The molecular formula is C38H46NO6PS. The van der Waals surface area contributed by atoms with E-state index in [1.165, 1.54) is 6.08 Å². The molecule has 0 aliphatic heterocycles. The fourth-order valence-electron chi connectivity index (χ4n) is 6.17. The van der Waals surface area contributed by atoms with Crippen LogP contribution in [0, 0.1) is 0 Å². The van der Waals surface area contributed by atoms with Gasteiger partial charge in [-0.3, -0.25) is 0 Å². The van der Waals surface area contributed by atoms with Crippen LogP contribution in [0.1, 0.15) is 44.1 Å². The van der Waals surface area contributed by atoms with E-state index in [2.05, 4.69) is 5.32 Å². The van der Waals surface area contributed by atoms with Crippen LogP contribution in [0.15, 0.2) is 115 Å². The summed E-state index contributed by atoms with van der Waals surface area (Å²) in [5, 5.41) is 5.66. The number of hydrogen-bond acceptors (Lipinski definition) is 6. The first-order valence-corrected chi connectivity index (χ1v) is 20.1. The van der Waals surface area contributed by atoms with Crippen molar-refractivity contribution >= 4 is 44.8 Å². The Hall–Kier alpha value is -3.97. The molecule has 0 fully saturated rings. The van der Waals surface area contributed by atoms with Crippen molar-refractivity contribution in [3.05, 3.63) is 121 Å². The van der Waals surface area contributed by atoms with Crippen molar-refractivity contribution in [1.29, 1.82) is 0 Å². The summed E-state index contributed by atoms with van der Waals surface area (Å²) in [6.07, 6.45) is 10.6. The van der Waals surface area contributed by atoms with E-state index in [4.69, 9.17) is 13.4 Å². The number of rotatable bonds is 18. The van der Waals surface area contributed by atoms with Gasteiger partial charge in [-0.05, 0) is 17.7 Å². The summed E-state index contributed by atoms with van der Waals surface area (Å²) in [5.74, 6) is 1.11. The molecule has 0 spiro atoms. The molecule has 250 valence electrons. The Morgan fingerprint density at radius 3 is 1.66 bits per heavy atom. The molecule has 0 atom stereocenters. The summed E-state index contributed by atoms with van der Waals surface area (Å²) in [5.41, 5.74) is 0.847. The quantitative estimate of drug-likeness (QED) is 0.0727. The third kappa shape index (κ3) is 8.89. The van der Waals surface area contributed by atoms with Crippen LogP contribution in [0.3, 0.4) is 0 Å². The molecule has 7 nitrogen and oxygen atoms in total. The van der Waals surface area contributed by atoms with E-state index >= 15 is 0 Å². The number of unbranched alkanes of at least 4 members (excludes halogenated alkanes) is 5. The Labute approximate surface area is 280 Å². The number of benzene rings is 4. The minimum atomic E-state index is -3.93. The van der Waals surface area contributed by atoms with E-state index in [-0.39, 0.29) is 5.91 Å². The van der Waals surface area contributed by atoms with Gasteiger partial charge in [-0.2, -0.15) is 0 Å². The first-order chi connectivity index (χ1) is 22.7. The second-order valence-electron chi connectivity index (χ2n) is 11.6. The predicted octanol–water partition coefficient (Wildman–Crippen LogP) is 6.59. The summed E-state index contributed by atoms with van der Waals surface area (Å²) < 4.78 is 43.5. The zero-order valence-corrected chi connectivity index (χ0v) is 29.2. The van der Waals surface area contributed by atoms with Crippen molar-refractivity contribution in [2.75, 3.05) is 33.2 Å². The number of carbonyl (C=O) groups is 1. The molecule has 0 heterocycles. The Balaban J connectivity index is 1.38. The standard InChI is InChI=1S/C38H46NO6PS/c1-43-36-27-25-32(31-37(36)44-2)26-28-38(40)39-29-17-6-4-5-7-18-30-46(45-47(3,41)42,33-19-11-8-12-20-33,34-21-13-9-14-22-34)35-23-15-10-16-24-35/h8-16,19-28,31H,4-7,17-18,29-30H2,1-3H3,(H,39,40)/b28-26+. The van der Waals surface area contributed by atoms with Crippen molar-refractivity contribution in [3.8, 4) is 11.5 Å². The van der Waals surface area contributed by atoms with E-state index in [0.29, 0.717) is 24.2 Å². The number of hydrogen-bond donors (Lipinski definition) is 1. The summed E-state index contributed by atoms with van der Waals surface area (Å²) in [6.45, 7) is -3.33. The summed E-state index contributed by atoms with van der Waals surface area (Å²) in [7, 11) is -0.701. The number of methoxy groups -OCH3 is 2. The molecule has 4 aromatic carbocycles. The minimum Gasteiger partial charge on any atom is -0.493 e. The molecule has 0 unspecified atom stereocenters. The second-order valence-corrected chi connectivity index (χ2v) is 18.0. The van der Waals surface area contributed by atoms with Crippen molar-refractivity contribution in [1.82, 2.24) is 5.32 Å². The SMILES string of the molecule is COc1ccc(/C=C/C(=O)NCCCCCCCCP(OS(C)(=O)=O)(c2ccccc2)(c2ccccc2)c2ccccc2)cc1OC. The van der Waals surface area contributed by atoms with Crippen LogP contribution in [0.4, 0.5) is 0 Å². The van der Waals surface area contributed by atoms with Gasteiger partial charge in [-0.25, -0.2) is 0 Å². The second kappa shape index (κ2) is 16.7. The molecule has 1 N–H and O–H groups in total. The molecule has 0 aliphatic carbocycles. The maximum absolute atomic E-state index is 13.2. The largest absolute Gasteiger partial charge is 0.493 e. The van der Waals surface area contributed by atoms with Crippen molar-refractivity contribution < 1.29 is 26.7 Å².